The van der Waals surface area contributed by atoms with Crippen molar-refractivity contribution in [3.05, 3.63) is 23.8 Å². The number of aliphatic hydroxyl groups is 1. The van der Waals surface area contributed by atoms with E-state index in [4.69, 9.17) is 5.11 Å². The van der Waals surface area contributed by atoms with E-state index in [9.17, 15) is 10.2 Å². The predicted molar refractivity (Wildman–Crippen MR) is 105 cm³/mol. The maximum absolute atomic E-state index is 9.71. The third-order valence-electron chi connectivity index (χ3n) is 5.36. The second kappa shape index (κ2) is 11.4. The largest absolute Gasteiger partial charge is 0.508 e. The fourth-order valence-corrected chi connectivity index (χ4v) is 3.66. The molecule has 1 saturated carbocycles. The van der Waals surface area contributed by atoms with Gasteiger partial charge in [-0.2, -0.15) is 0 Å². The fourth-order valence-electron chi connectivity index (χ4n) is 3.66. The van der Waals surface area contributed by atoms with Crippen LogP contribution in [-0.4, -0.2) is 21.4 Å². The number of rotatable bonds is 6. The minimum atomic E-state index is -0.0289. The van der Waals surface area contributed by atoms with Gasteiger partial charge in [-0.3, -0.25) is 0 Å². The lowest BCUT2D eigenvalue weighted by molar-refractivity contribution is 0.0266. The van der Waals surface area contributed by atoms with E-state index >= 15 is 0 Å². The first-order valence-electron chi connectivity index (χ1n) is 10.0. The molecule has 0 radical (unpaired) electrons. The maximum Gasteiger partial charge on any atom is 0.122 e. The molecule has 2 rings (SSSR count). The van der Waals surface area contributed by atoms with E-state index in [-0.39, 0.29) is 17.6 Å². The van der Waals surface area contributed by atoms with Gasteiger partial charge in [0.15, 0.2) is 0 Å². The molecule has 1 aromatic carbocycles. The molecule has 0 unspecified atom stereocenters. The lowest BCUT2D eigenvalue weighted by atomic mass is 9.75. The second-order valence-corrected chi connectivity index (χ2v) is 8.02. The number of aryl methyl sites for hydroxylation is 1. The van der Waals surface area contributed by atoms with Gasteiger partial charge >= 0.3 is 0 Å². The molecule has 3 atom stereocenters. The number of aromatic hydroxyl groups is 2. The first-order valence-corrected chi connectivity index (χ1v) is 10.0. The average molecular weight is 351 g/mol. The Morgan fingerprint density at radius 2 is 1.80 bits per heavy atom. The van der Waals surface area contributed by atoms with Crippen molar-refractivity contribution in [2.45, 2.75) is 85.2 Å². The number of hydrogen-bond donors (Lipinski definition) is 3. The van der Waals surface area contributed by atoms with Crippen LogP contribution in [0.2, 0.25) is 0 Å². The van der Waals surface area contributed by atoms with Gasteiger partial charge in [-0.05, 0) is 55.1 Å². The zero-order chi connectivity index (χ0) is 18.8. The van der Waals surface area contributed by atoms with Crippen LogP contribution in [0.4, 0.5) is 0 Å². The summed E-state index contributed by atoms with van der Waals surface area (Å²) in [4.78, 5) is 0. The monoisotopic (exact) mass is 350 g/mol. The molecule has 3 N–H and O–H groups in total. The Kier molecular flexibility index (Phi) is 9.96. The minimum Gasteiger partial charge on any atom is -0.508 e. The lowest BCUT2D eigenvalue weighted by Crippen LogP contribution is -2.31. The third kappa shape index (κ3) is 8.13. The van der Waals surface area contributed by atoms with E-state index in [0.717, 1.165) is 30.7 Å². The molecular weight excluding hydrogens is 312 g/mol. The van der Waals surface area contributed by atoms with Crippen LogP contribution in [-0.2, 0) is 6.42 Å². The van der Waals surface area contributed by atoms with Crippen molar-refractivity contribution in [3.63, 3.8) is 0 Å². The summed E-state index contributed by atoms with van der Waals surface area (Å²) >= 11 is 0. The van der Waals surface area contributed by atoms with Crippen LogP contribution in [0.15, 0.2) is 18.2 Å². The number of aliphatic hydroxyl groups excluding tert-OH is 1. The standard InChI is InChI=1S/C12H18O2.C10H20O/c1-2-3-4-5-6-10-7-8-11(13)9-12(10)14;1-7(2)9-5-4-8(3)6-10(9)11/h7-9,13-14H,2-6H2,1H3;7-11H,4-6H2,1-3H3/t;8-,9+,10-/m.1/s1. The molecule has 1 fully saturated rings. The summed E-state index contributed by atoms with van der Waals surface area (Å²) in [6.07, 6.45) is 9.19. The normalized spacial score (nSPS) is 23.2. The van der Waals surface area contributed by atoms with Gasteiger partial charge in [0, 0.05) is 6.07 Å². The SMILES string of the molecule is CC(C)[C@@H]1CC[C@@H](C)C[C@H]1O.CCCCCCc1ccc(O)cc1O. The van der Waals surface area contributed by atoms with E-state index in [1.807, 2.05) is 0 Å². The number of unbranched alkanes of at least 4 members (excludes halogenated alkanes) is 3. The summed E-state index contributed by atoms with van der Waals surface area (Å²) < 4.78 is 0. The highest BCUT2D eigenvalue weighted by Gasteiger charge is 2.28. The van der Waals surface area contributed by atoms with Gasteiger partial charge < -0.3 is 15.3 Å². The Morgan fingerprint density at radius 1 is 1.08 bits per heavy atom. The van der Waals surface area contributed by atoms with Crippen LogP contribution in [0, 0.1) is 17.8 Å². The molecule has 144 valence electrons. The first-order chi connectivity index (χ1) is 11.8. The van der Waals surface area contributed by atoms with Gasteiger partial charge in [0.05, 0.1) is 6.10 Å². The average Bonchev–Trinajstić information content (AvgIpc) is 2.53. The molecule has 25 heavy (non-hydrogen) atoms. The van der Waals surface area contributed by atoms with Crippen LogP contribution in [0.25, 0.3) is 0 Å². The Bertz CT molecular complexity index is 484. The Labute approximate surface area is 154 Å². The smallest absolute Gasteiger partial charge is 0.122 e. The van der Waals surface area contributed by atoms with Crippen LogP contribution < -0.4 is 0 Å². The van der Waals surface area contributed by atoms with Crippen LogP contribution in [0.5, 0.6) is 11.5 Å². The van der Waals surface area contributed by atoms with E-state index in [1.54, 1.807) is 12.1 Å². The first kappa shape index (κ1) is 21.8. The molecule has 1 aliphatic rings. The highest BCUT2D eigenvalue weighted by molar-refractivity contribution is 5.38. The van der Waals surface area contributed by atoms with Crippen LogP contribution >= 0.6 is 0 Å². The van der Waals surface area contributed by atoms with E-state index in [0.29, 0.717) is 11.8 Å². The van der Waals surface area contributed by atoms with Gasteiger partial charge in [0.1, 0.15) is 11.5 Å². The molecule has 0 amide bonds. The highest BCUT2D eigenvalue weighted by Crippen LogP contribution is 2.33. The molecule has 1 aliphatic carbocycles. The maximum atomic E-state index is 9.71. The predicted octanol–water partition coefficient (Wildman–Crippen LogP) is 5.66. The van der Waals surface area contributed by atoms with Crippen LogP contribution in [0.1, 0.15) is 78.2 Å². The van der Waals surface area contributed by atoms with Crippen molar-refractivity contribution >= 4 is 0 Å². The van der Waals surface area contributed by atoms with E-state index in [1.165, 1.54) is 38.2 Å². The van der Waals surface area contributed by atoms with Crippen molar-refractivity contribution in [2.75, 3.05) is 0 Å². The topological polar surface area (TPSA) is 60.7 Å². The zero-order valence-corrected chi connectivity index (χ0v) is 16.5. The fraction of sp³-hybridized carbons (Fsp3) is 0.727. The van der Waals surface area contributed by atoms with E-state index in [2.05, 4.69) is 27.7 Å². The van der Waals surface area contributed by atoms with Crippen LogP contribution in [0.3, 0.4) is 0 Å². The van der Waals surface area contributed by atoms with E-state index < -0.39 is 0 Å². The third-order valence-corrected chi connectivity index (χ3v) is 5.36. The number of hydrogen-bond acceptors (Lipinski definition) is 3. The van der Waals surface area contributed by atoms with Crippen molar-refractivity contribution in [1.82, 2.24) is 0 Å². The highest BCUT2D eigenvalue weighted by atomic mass is 16.3. The summed E-state index contributed by atoms with van der Waals surface area (Å²) in [5, 5.41) is 28.3. The molecule has 0 heterocycles. The second-order valence-electron chi connectivity index (χ2n) is 8.02. The molecule has 0 saturated heterocycles. The van der Waals surface area contributed by atoms with Gasteiger partial charge in [0.25, 0.3) is 0 Å². The molecule has 0 bridgehead atoms. The van der Waals surface area contributed by atoms with Crippen molar-refractivity contribution < 1.29 is 15.3 Å². The minimum absolute atomic E-state index is 0.0289. The summed E-state index contributed by atoms with van der Waals surface area (Å²) in [6, 6.07) is 4.81. The van der Waals surface area contributed by atoms with Gasteiger partial charge in [-0.25, -0.2) is 0 Å². The molecule has 0 spiro atoms. The van der Waals surface area contributed by atoms with Crippen molar-refractivity contribution in [2.24, 2.45) is 17.8 Å². The molecule has 3 nitrogen and oxygen atoms in total. The number of benzene rings is 1. The Hall–Kier alpha value is -1.22. The summed E-state index contributed by atoms with van der Waals surface area (Å²) in [7, 11) is 0. The van der Waals surface area contributed by atoms with Gasteiger partial charge in [-0.15, -0.1) is 0 Å². The lowest BCUT2D eigenvalue weighted by Gasteiger charge is -2.33. The summed E-state index contributed by atoms with van der Waals surface area (Å²) in [5.74, 6) is 2.28. The van der Waals surface area contributed by atoms with Crippen molar-refractivity contribution in [1.29, 1.82) is 0 Å². The molecular formula is C22H38O3. The Morgan fingerprint density at radius 3 is 2.36 bits per heavy atom. The zero-order valence-electron chi connectivity index (χ0n) is 16.5. The molecule has 0 aromatic heterocycles. The summed E-state index contributed by atoms with van der Waals surface area (Å²) in [6.45, 7) is 8.84. The quantitative estimate of drug-likeness (QED) is 0.580. The molecule has 1 aromatic rings. The van der Waals surface area contributed by atoms with Gasteiger partial charge in [0.2, 0.25) is 0 Å². The van der Waals surface area contributed by atoms with Crippen molar-refractivity contribution in [3.8, 4) is 11.5 Å². The van der Waals surface area contributed by atoms with Gasteiger partial charge in [-0.1, -0.05) is 59.4 Å². The molecule has 3 heteroatoms. The molecule has 0 aliphatic heterocycles. The summed E-state index contributed by atoms with van der Waals surface area (Å²) in [5.41, 5.74) is 0.930. The number of phenols is 2. The number of phenolic OH excluding ortho intramolecular Hbond substituents is 2. The Balaban J connectivity index is 0.000000257.